The van der Waals surface area contributed by atoms with Crippen LogP contribution in [0.1, 0.15) is 97.8 Å². The highest BCUT2D eigenvalue weighted by molar-refractivity contribution is 5.89. The summed E-state index contributed by atoms with van der Waals surface area (Å²) in [6.45, 7) is 7.19. The Kier molecular flexibility index (Phi) is 10.9. The number of carboxylic acids is 1. The van der Waals surface area contributed by atoms with E-state index in [4.69, 9.17) is 5.73 Å². The second kappa shape index (κ2) is 13.2. The minimum atomic E-state index is -1.08. The average Bonchev–Trinajstić information content (AvgIpc) is 2.71. The van der Waals surface area contributed by atoms with Crippen LogP contribution in [0, 0.1) is 17.3 Å². The van der Waals surface area contributed by atoms with E-state index in [-0.39, 0.29) is 17.4 Å². The van der Waals surface area contributed by atoms with Crippen LogP contribution in [0.4, 0.5) is 4.79 Å². The smallest absolute Gasteiger partial charge is 0.326 e. The number of carbonyl (C=O) groups is 3. The Balaban J connectivity index is 2.01. The molecule has 0 saturated heterocycles. The Morgan fingerprint density at radius 3 is 2.30 bits per heavy atom. The third-order valence-corrected chi connectivity index (χ3v) is 7.20. The van der Waals surface area contributed by atoms with Gasteiger partial charge in [-0.2, -0.15) is 0 Å². The summed E-state index contributed by atoms with van der Waals surface area (Å²) in [5, 5.41) is 18.0. The molecule has 0 spiro atoms. The standard InChI is InChI=1S/C25H46N4O4/c1-17-13-19(16-25(2,3)15-17)27-22(30)21(14-18-9-5-4-6-10-18)29-24(33)28-20(23(31)32)11-7-8-12-26/h17-21H,4-16,26H2,1-3H3,(H,27,30)(H,31,32)(H2,28,29,33)/t17?,19?,20-,21-/m0/s1. The van der Waals surface area contributed by atoms with Gasteiger partial charge in [0.15, 0.2) is 0 Å². The topological polar surface area (TPSA) is 134 Å². The van der Waals surface area contributed by atoms with Crippen molar-refractivity contribution in [2.75, 3.05) is 6.54 Å². The van der Waals surface area contributed by atoms with Gasteiger partial charge in [-0.05, 0) is 68.7 Å². The number of nitrogens with one attached hydrogen (secondary N) is 3. The third kappa shape index (κ3) is 9.90. The number of aliphatic carboxylic acids is 1. The minimum Gasteiger partial charge on any atom is -0.480 e. The molecule has 0 aromatic carbocycles. The van der Waals surface area contributed by atoms with Crippen molar-refractivity contribution < 1.29 is 19.5 Å². The third-order valence-electron chi connectivity index (χ3n) is 7.20. The predicted molar refractivity (Wildman–Crippen MR) is 130 cm³/mol. The van der Waals surface area contributed by atoms with Crippen molar-refractivity contribution in [1.82, 2.24) is 16.0 Å². The Morgan fingerprint density at radius 2 is 1.70 bits per heavy atom. The van der Waals surface area contributed by atoms with Gasteiger partial charge in [0.2, 0.25) is 5.91 Å². The first-order valence-corrected chi connectivity index (χ1v) is 12.9. The van der Waals surface area contributed by atoms with E-state index in [9.17, 15) is 19.5 Å². The van der Waals surface area contributed by atoms with Gasteiger partial charge in [0.25, 0.3) is 0 Å². The average molecular weight is 467 g/mol. The number of amides is 3. The van der Waals surface area contributed by atoms with Gasteiger partial charge in [-0.3, -0.25) is 4.79 Å². The zero-order chi connectivity index (χ0) is 24.4. The normalized spacial score (nSPS) is 25.0. The molecule has 0 aromatic heterocycles. The van der Waals surface area contributed by atoms with Gasteiger partial charge in [0, 0.05) is 6.04 Å². The fourth-order valence-electron chi connectivity index (χ4n) is 5.85. The van der Waals surface area contributed by atoms with E-state index in [2.05, 4.69) is 36.7 Å². The van der Waals surface area contributed by atoms with Crippen LogP contribution in [-0.4, -0.2) is 47.7 Å². The molecule has 2 saturated carbocycles. The first-order chi connectivity index (χ1) is 15.6. The Hall–Kier alpha value is -1.83. The molecule has 0 bridgehead atoms. The Bertz CT molecular complexity index is 648. The molecule has 8 heteroatoms. The number of carboxylic acid groups (broad SMARTS) is 1. The van der Waals surface area contributed by atoms with E-state index in [0.717, 1.165) is 44.9 Å². The predicted octanol–water partition coefficient (Wildman–Crippen LogP) is 3.54. The van der Waals surface area contributed by atoms with Crippen LogP contribution in [0.2, 0.25) is 0 Å². The van der Waals surface area contributed by atoms with Crippen LogP contribution in [0.3, 0.4) is 0 Å². The number of urea groups is 1. The van der Waals surface area contributed by atoms with Crippen LogP contribution in [0.5, 0.6) is 0 Å². The maximum absolute atomic E-state index is 13.3. The molecule has 2 aliphatic rings. The summed E-state index contributed by atoms with van der Waals surface area (Å²) in [5.41, 5.74) is 5.67. The van der Waals surface area contributed by atoms with Crippen molar-refractivity contribution in [2.24, 2.45) is 23.0 Å². The summed E-state index contributed by atoms with van der Waals surface area (Å²) >= 11 is 0. The van der Waals surface area contributed by atoms with Gasteiger partial charge in [0.05, 0.1) is 0 Å². The summed E-state index contributed by atoms with van der Waals surface area (Å²) in [6, 6.07) is -2.15. The SMILES string of the molecule is CC1CC(NC(=O)[C@H](CC2CCCCC2)NC(=O)N[C@@H](CCCCN)C(=O)O)CC(C)(C)C1. The van der Waals surface area contributed by atoms with E-state index in [1.165, 1.54) is 6.42 Å². The molecule has 2 rings (SSSR count). The first-order valence-electron chi connectivity index (χ1n) is 12.9. The quantitative estimate of drug-likeness (QED) is 0.297. The van der Waals surface area contributed by atoms with Gasteiger partial charge < -0.3 is 26.8 Å². The molecular formula is C25H46N4O4. The molecule has 3 amide bonds. The van der Waals surface area contributed by atoms with Crippen molar-refractivity contribution in [3.8, 4) is 0 Å². The number of hydrogen-bond acceptors (Lipinski definition) is 4. The zero-order valence-corrected chi connectivity index (χ0v) is 20.8. The summed E-state index contributed by atoms with van der Waals surface area (Å²) in [4.78, 5) is 37.6. The minimum absolute atomic E-state index is 0.0954. The van der Waals surface area contributed by atoms with Gasteiger partial charge in [-0.25, -0.2) is 9.59 Å². The van der Waals surface area contributed by atoms with Crippen LogP contribution in [-0.2, 0) is 9.59 Å². The molecule has 190 valence electrons. The maximum Gasteiger partial charge on any atom is 0.326 e. The molecule has 0 radical (unpaired) electrons. The summed E-state index contributed by atoms with van der Waals surface area (Å²) in [7, 11) is 0. The number of hydrogen-bond donors (Lipinski definition) is 5. The van der Waals surface area contributed by atoms with Gasteiger partial charge in [-0.15, -0.1) is 0 Å². The Morgan fingerprint density at radius 1 is 1.03 bits per heavy atom. The molecule has 2 unspecified atom stereocenters. The lowest BCUT2D eigenvalue weighted by Gasteiger charge is -2.40. The second-order valence-electron chi connectivity index (χ2n) is 11.2. The molecular weight excluding hydrogens is 420 g/mol. The number of carbonyl (C=O) groups excluding carboxylic acids is 2. The highest BCUT2D eigenvalue weighted by Gasteiger charge is 2.35. The van der Waals surface area contributed by atoms with E-state index < -0.39 is 24.1 Å². The zero-order valence-electron chi connectivity index (χ0n) is 20.8. The largest absolute Gasteiger partial charge is 0.480 e. The van der Waals surface area contributed by atoms with Crippen LogP contribution < -0.4 is 21.7 Å². The van der Waals surface area contributed by atoms with Gasteiger partial charge >= 0.3 is 12.0 Å². The molecule has 2 fully saturated rings. The van der Waals surface area contributed by atoms with Crippen molar-refractivity contribution >= 4 is 17.9 Å². The fourth-order valence-corrected chi connectivity index (χ4v) is 5.85. The number of nitrogens with two attached hydrogens (primary N) is 1. The van der Waals surface area contributed by atoms with E-state index in [0.29, 0.717) is 44.1 Å². The van der Waals surface area contributed by atoms with E-state index >= 15 is 0 Å². The van der Waals surface area contributed by atoms with E-state index in [1.807, 2.05) is 0 Å². The lowest BCUT2D eigenvalue weighted by atomic mass is 9.70. The van der Waals surface area contributed by atoms with Crippen LogP contribution >= 0.6 is 0 Å². The number of rotatable bonds is 11. The van der Waals surface area contributed by atoms with Crippen molar-refractivity contribution in [3.63, 3.8) is 0 Å². The summed E-state index contributed by atoms with van der Waals surface area (Å²) in [6.07, 6.45) is 10.9. The Labute approximate surface area is 199 Å². The van der Waals surface area contributed by atoms with E-state index in [1.54, 1.807) is 0 Å². The maximum atomic E-state index is 13.3. The van der Waals surface area contributed by atoms with Crippen molar-refractivity contribution in [1.29, 1.82) is 0 Å². The highest BCUT2D eigenvalue weighted by Crippen LogP contribution is 2.38. The molecule has 0 aliphatic heterocycles. The lowest BCUT2D eigenvalue weighted by molar-refractivity contribution is -0.139. The summed E-state index contributed by atoms with van der Waals surface area (Å²) in [5.74, 6) is -0.289. The van der Waals surface area contributed by atoms with Crippen LogP contribution in [0.25, 0.3) is 0 Å². The molecule has 8 nitrogen and oxygen atoms in total. The molecule has 33 heavy (non-hydrogen) atoms. The molecule has 2 aliphatic carbocycles. The van der Waals surface area contributed by atoms with Gasteiger partial charge in [-0.1, -0.05) is 52.9 Å². The molecule has 0 heterocycles. The highest BCUT2D eigenvalue weighted by atomic mass is 16.4. The molecule has 4 atom stereocenters. The number of unbranched alkanes of at least 4 members (excludes halogenated alkanes) is 1. The molecule has 0 aromatic rings. The molecule has 6 N–H and O–H groups in total. The van der Waals surface area contributed by atoms with Crippen molar-refractivity contribution in [3.05, 3.63) is 0 Å². The monoisotopic (exact) mass is 466 g/mol. The van der Waals surface area contributed by atoms with Crippen LogP contribution in [0.15, 0.2) is 0 Å². The second-order valence-corrected chi connectivity index (χ2v) is 11.2. The summed E-state index contributed by atoms with van der Waals surface area (Å²) < 4.78 is 0. The fraction of sp³-hybridized carbons (Fsp3) is 0.880. The lowest BCUT2D eigenvalue weighted by Crippen LogP contribution is -2.56. The first kappa shape index (κ1) is 27.4. The van der Waals surface area contributed by atoms with Gasteiger partial charge in [0.1, 0.15) is 12.1 Å². The van der Waals surface area contributed by atoms with Crippen molar-refractivity contribution in [2.45, 2.75) is 116 Å².